The minimum Gasteiger partial charge on any atom is -0.463 e. The number of aryl methyl sites for hydroxylation is 1. The second-order valence-electron chi connectivity index (χ2n) is 5.50. The molecule has 1 aliphatic heterocycles. The molecule has 2 rings (SSSR count). The zero-order chi connectivity index (χ0) is 13.1. The lowest BCUT2D eigenvalue weighted by Gasteiger charge is -2.25. The van der Waals surface area contributed by atoms with E-state index in [1.165, 1.54) is 24.9 Å². The third-order valence-corrected chi connectivity index (χ3v) is 3.88. The molecule has 0 amide bonds. The number of furan rings is 1. The van der Waals surface area contributed by atoms with Gasteiger partial charge in [-0.15, -0.1) is 0 Å². The SMILES string of the molecule is Cc1cc(CN(C)CC2CCCN2C)oc1CN. The van der Waals surface area contributed by atoms with Crippen molar-refractivity contribution in [1.82, 2.24) is 9.80 Å². The van der Waals surface area contributed by atoms with Crippen molar-refractivity contribution >= 4 is 0 Å². The fourth-order valence-corrected chi connectivity index (χ4v) is 2.77. The van der Waals surface area contributed by atoms with E-state index in [0.717, 1.165) is 24.6 Å². The zero-order valence-electron chi connectivity index (χ0n) is 11.8. The van der Waals surface area contributed by atoms with Gasteiger partial charge in [0, 0.05) is 12.6 Å². The van der Waals surface area contributed by atoms with E-state index in [2.05, 4.69) is 36.9 Å². The molecule has 1 aliphatic rings. The van der Waals surface area contributed by atoms with E-state index in [4.69, 9.17) is 10.2 Å². The van der Waals surface area contributed by atoms with Crippen LogP contribution in [-0.2, 0) is 13.1 Å². The van der Waals surface area contributed by atoms with Crippen LogP contribution >= 0.6 is 0 Å². The van der Waals surface area contributed by atoms with Crippen molar-refractivity contribution in [2.24, 2.45) is 5.73 Å². The zero-order valence-corrected chi connectivity index (χ0v) is 11.8. The third-order valence-electron chi connectivity index (χ3n) is 3.88. The highest BCUT2D eigenvalue weighted by Crippen LogP contribution is 2.18. The van der Waals surface area contributed by atoms with E-state index >= 15 is 0 Å². The highest BCUT2D eigenvalue weighted by molar-refractivity contribution is 5.19. The number of likely N-dealkylation sites (tertiary alicyclic amines) is 1. The molecule has 1 saturated heterocycles. The second-order valence-corrected chi connectivity index (χ2v) is 5.50. The first-order valence-electron chi connectivity index (χ1n) is 6.77. The minimum atomic E-state index is 0.487. The van der Waals surface area contributed by atoms with Gasteiger partial charge >= 0.3 is 0 Å². The number of nitrogens with two attached hydrogens (primary N) is 1. The monoisotopic (exact) mass is 251 g/mol. The average Bonchev–Trinajstić information content (AvgIpc) is 2.86. The van der Waals surface area contributed by atoms with Crippen molar-refractivity contribution in [3.63, 3.8) is 0 Å². The number of hydrogen-bond donors (Lipinski definition) is 1. The van der Waals surface area contributed by atoms with Gasteiger partial charge in [-0.05, 0) is 52.0 Å². The summed E-state index contributed by atoms with van der Waals surface area (Å²) in [5, 5.41) is 0. The summed E-state index contributed by atoms with van der Waals surface area (Å²) >= 11 is 0. The summed E-state index contributed by atoms with van der Waals surface area (Å²) in [5.41, 5.74) is 6.80. The van der Waals surface area contributed by atoms with Gasteiger partial charge < -0.3 is 15.1 Å². The lowest BCUT2D eigenvalue weighted by atomic mass is 10.2. The molecule has 4 heteroatoms. The van der Waals surface area contributed by atoms with Crippen molar-refractivity contribution in [2.45, 2.75) is 38.9 Å². The molecular weight excluding hydrogens is 226 g/mol. The van der Waals surface area contributed by atoms with Crippen LogP contribution in [0.15, 0.2) is 10.5 Å². The molecular formula is C14H25N3O. The largest absolute Gasteiger partial charge is 0.463 e. The maximum Gasteiger partial charge on any atom is 0.120 e. The predicted octanol–water partition coefficient (Wildman–Crippen LogP) is 1.57. The molecule has 1 unspecified atom stereocenters. The van der Waals surface area contributed by atoms with Gasteiger partial charge in [-0.2, -0.15) is 0 Å². The standard InChI is InChI=1S/C14H25N3O/c1-11-7-13(18-14(11)8-15)10-16(2)9-12-5-4-6-17(12)3/h7,12H,4-6,8-10,15H2,1-3H3. The van der Waals surface area contributed by atoms with E-state index in [0.29, 0.717) is 12.6 Å². The molecule has 2 N–H and O–H groups in total. The van der Waals surface area contributed by atoms with Crippen LogP contribution in [0.2, 0.25) is 0 Å². The normalized spacial score (nSPS) is 21.1. The van der Waals surface area contributed by atoms with Crippen molar-refractivity contribution in [1.29, 1.82) is 0 Å². The Labute approximate surface area is 110 Å². The first kappa shape index (κ1) is 13.6. The molecule has 18 heavy (non-hydrogen) atoms. The lowest BCUT2D eigenvalue weighted by molar-refractivity contribution is 0.205. The summed E-state index contributed by atoms with van der Waals surface area (Å²) in [6.07, 6.45) is 2.64. The molecule has 0 bridgehead atoms. The maximum absolute atomic E-state index is 5.75. The topological polar surface area (TPSA) is 45.6 Å². The highest BCUT2D eigenvalue weighted by Gasteiger charge is 2.22. The summed E-state index contributed by atoms with van der Waals surface area (Å²) in [6, 6.07) is 2.80. The molecule has 1 aromatic heterocycles. The molecule has 1 fully saturated rings. The van der Waals surface area contributed by atoms with Crippen molar-refractivity contribution < 1.29 is 4.42 Å². The molecule has 102 valence electrons. The molecule has 0 aliphatic carbocycles. The Kier molecular flexibility index (Phi) is 4.43. The smallest absolute Gasteiger partial charge is 0.120 e. The van der Waals surface area contributed by atoms with Crippen LogP contribution in [0, 0.1) is 6.92 Å². The summed E-state index contributed by atoms with van der Waals surface area (Å²) in [4.78, 5) is 4.79. The first-order valence-corrected chi connectivity index (χ1v) is 6.77. The Bertz CT molecular complexity index is 388. The van der Waals surface area contributed by atoms with E-state index in [-0.39, 0.29) is 0 Å². The van der Waals surface area contributed by atoms with Crippen LogP contribution in [-0.4, -0.2) is 43.0 Å². The van der Waals surface area contributed by atoms with Crippen LogP contribution in [0.5, 0.6) is 0 Å². The summed E-state index contributed by atoms with van der Waals surface area (Å²) < 4.78 is 5.75. The Morgan fingerprint density at radius 2 is 2.33 bits per heavy atom. The quantitative estimate of drug-likeness (QED) is 0.863. The molecule has 1 atom stereocenters. The van der Waals surface area contributed by atoms with Crippen LogP contribution in [0.25, 0.3) is 0 Å². The molecule has 0 aromatic carbocycles. The van der Waals surface area contributed by atoms with Crippen LogP contribution in [0.4, 0.5) is 0 Å². The van der Waals surface area contributed by atoms with Crippen LogP contribution in [0.3, 0.4) is 0 Å². The molecule has 0 spiro atoms. The van der Waals surface area contributed by atoms with Gasteiger partial charge in [0.15, 0.2) is 0 Å². The Morgan fingerprint density at radius 3 is 2.89 bits per heavy atom. The van der Waals surface area contributed by atoms with E-state index in [1.54, 1.807) is 0 Å². The van der Waals surface area contributed by atoms with Crippen LogP contribution in [0.1, 0.15) is 29.9 Å². The number of nitrogens with zero attached hydrogens (tertiary/aromatic N) is 2. The molecule has 0 saturated carbocycles. The summed E-state index contributed by atoms with van der Waals surface area (Å²) in [5.74, 6) is 1.94. The second kappa shape index (κ2) is 5.87. The Balaban J connectivity index is 1.88. The Morgan fingerprint density at radius 1 is 1.56 bits per heavy atom. The average molecular weight is 251 g/mol. The summed E-state index contributed by atoms with van der Waals surface area (Å²) in [6.45, 7) is 5.75. The predicted molar refractivity (Wildman–Crippen MR) is 73.3 cm³/mol. The van der Waals surface area contributed by atoms with Crippen molar-refractivity contribution in [2.75, 3.05) is 27.2 Å². The van der Waals surface area contributed by atoms with Gasteiger partial charge in [-0.1, -0.05) is 0 Å². The summed E-state index contributed by atoms with van der Waals surface area (Å²) in [7, 11) is 4.38. The van der Waals surface area contributed by atoms with Crippen molar-refractivity contribution in [3.05, 3.63) is 23.2 Å². The van der Waals surface area contributed by atoms with Gasteiger partial charge in [0.25, 0.3) is 0 Å². The van der Waals surface area contributed by atoms with Gasteiger partial charge in [0.1, 0.15) is 11.5 Å². The third kappa shape index (κ3) is 3.13. The van der Waals surface area contributed by atoms with Gasteiger partial charge in [-0.25, -0.2) is 0 Å². The lowest BCUT2D eigenvalue weighted by Crippen LogP contribution is -2.36. The fraction of sp³-hybridized carbons (Fsp3) is 0.714. The van der Waals surface area contributed by atoms with E-state index in [9.17, 15) is 0 Å². The van der Waals surface area contributed by atoms with E-state index in [1.807, 2.05) is 0 Å². The minimum absolute atomic E-state index is 0.487. The highest BCUT2D eigenvalue weighted by atomic mass is 16.3. The van der Waals surface area contributed by atoms with Gasteiger partial charge in [0.05, 0.1) is 13.1 Å². The maximum atomic E-state index is 5.75. The van der Waals surface area contributed by atoms with Gasteiger partial charge in [-0.3, -0.25) is 4.90 Å². The molecule has 4 nitrogen and oxygen atoms in total. The molecule has 2 heterocycles. The van der Waals surface area contributed by atoms with Gasteiger partial charge in [0.2, 0.25) is 0 Å². The van der Waals surface area contributed by atoms with Crippen molar-refractivity contribution in [3.8, 4) is 0 Å². The van der Waals surface area contributed by atoms with Crippen LogP contribution < -0.4 is 5.73 Å². The fourth-order valence-electron chi connectivity index (χ4n) is 2.77. The molecule has 1 aromatic rings. The molecule has 0 radical (unpaired) electrons. The Hall–Kier alpha value is -0.840. The first-order chi connectivity index (χ1) is 8.60. The number of hydrogen-bond acceptors (Lipinski definition) is 4. The number of likely N-dealkylation sites (N-methyl/N-ethyl adjacent to an activating group) is 2. The van der Waals surface area contributed by atoms with E-state index < -0.39 is 0 Å². The number of rotatable bonds is 5.